The molecule has 0 saturated heterocycles. The summed E-state index contributed by atoms with van der Waals surface area (Å²) in [6, 6.07) is 7.93. The predicted octanol–water partition coefficient (Wildman–Crippen LogP) is 4.28. The molecule has 3 aromatic rings. The summed E-state index contributed by atoms with van der Waals surface area (Å²) in [6.07, 6.45) is 0.963. The fourth-order valence-corrected chi connectivity index (χ4v) is 3.52. The molecule has 2 aromatic heterocycles. The van der Waals surface area contributed by atoms with Gasteiger partial charge in [-0.05, 0) is 32.4 Å². The Balaban J connectivity index is 1.66. The van der Waals surface area contributed by atoms with Gasteiger partial charge in [-0.3, -0.25) is 4.99 Å². The number of benzene rings is 1. The second-order valence-corrected chi connectivity index (χ2v) is 7.08. The lowest BCUT2D eigenvalue weighted by Gasteiger charge is -2.15. The van der Waals surface area contributed by atoms with E-state index < -0.39 is 0 Å². The minimum atomic E-state index is -0.0419. The van der Waals surface area contributed by atoms with Gasteiger partial charge in [0.25, 0.3) is 0 Å². The van der Waals surface area contributed by atoms with Crippen LogP contribution in [0.25, 0.3) is 11.0 Å². The second-order valence-electron chi connectivity index (χ2n) is 6.13. The zero-order valence-corrected chi connectivity index (χ0v) is 17.0. The molecule has 0 aliphatic rings. The van der Waals surface area contributed by atoms with Crippen LogP contribution in [0.15, 0.2) is 39.1 Å². The van der Waals surface area contributed by atoms with E-state index in [1.54, 1.807) is 18.4 Å². The van der Waals surface area contributed by atoms with Gasteiger partial charge in [0.2, 0.25) is 0 Å². The van der Waals surface area contributed by atoms with Crippen molar-refractivity contribution in [2.24, 2.45) is 4.99 Å². The summed E-state index contributed by atoms with van der Waals surface area (Å²) in [7, 11) is 1.76. The smallest absolute Gasteiger partial charge is 0.191 e. The summed E-state index contributed by atoms with van der Waals surface area (Å²) in [5, 5.41) is 10.9. The number of aryl methyl sites for hydroxylation is 1. The number of furan rings is 1. The molecule has 1 atom stereocenters. The number of guanidine groups is 1. The molecule has 0 fully saturated rings. The Morgan fingerprint density at radius 3 is 2.93 bits per heavy atom. The highest BCUT2D eigenvalue weighted by molar-refractivity contribution is 7.09. The van der Waals surface area contributed by atoms with Crippen LogP contribution in [-0.2, 0) is 13.0 Å². The van der Waals surface area contributed by atoms with E-state index in [1.165, 1.54) is 0 Å². The topological polar surface area (TPSA) is 71.7 Å². The van der Waals surface area contributed by atoms with Gasteiger partial charge in [-0.2, -0.15) is 0 Å². The SMILES string of the molecule is CCOc1cccc2cc(C(C)NC(=NC)NCc3csc(CC)n3)oc12. The van der Waals surface area contributed by atoms with Crippen molar-refractivity contribution in [3.63, 3.8) is 0 Å². The molecule has 0 aliphatic carbocycles. The number of hydrogen-bond donors (Lipinski definition) is 2. The van der Waals surface area contributed by atoms with E-state index >= 15 is 0 Å². The lowest BCUT2D eigenvalue weighted by atomic mass is 10.2. The van der Waals surface area contributed by atoms with Crippen molar-refractivity contribution < 1.29 is 9.15 Å². The Hall–Kier alpha value is -2.54. The highest BCUT2D eigenvalue weighted by atomic mass is 32.1. The molecule has 2 heterocycles. The highest BCUT2D eigenvalue weighted by Crippen LogP contribution is 2.31. The van der Waals surface area contributed by atoms with Gasteiger partial charge in [0, 0.05) is 17.8 Å². The monoisotopic (exact) mass is 386 g/mol. The third-order valence-corrected chi connectivity index (χ3v) is 5.21. The van der Waals surface area contributed by atoms with Gasteiger partial charge in [-0.1, -0.05) is 19.1 Å². The van der Waals surface area contributed by atoms with Gasteiger partial charge < -0.3 is 19.8 Å². The Kier molecular flexibility index (Phi) is 6.34. The molecule has 0 amide bonds. The first-order valence-corrected chi connectivity index (χ1v) is 10.1. The molecule has 0 saturated carbocycles. The minimum Gasteiger partial charge on any atom is -0.490 e. The quantitative estimate of drug-likeness (QED) is 0.468. The summed E-state index contributed by atoms with van der Waals surface area (Å²) < 4.78 is 11.7. The van der Waals surface area contributed by atoms with Crippen molar-refractivity contribution in [2.75, 3.05) is 13.7 Å². The van der Waals surface area contributed by atoms with Crippen molar-refractivity contribution in [3.8, 4) is 5.75 Å². The maximum Gasteiger partial charge on any atom is 0.191 e. The highest BCUT2D eigenvalue weighted by Gasteiger charge is 2.15. The van der Waals surface area contributed by atoms with Crippen LogP contribution in [0.4, 0.5) is 0 Å². The number of fused-ring (bicyclic) bond motifs is 1. The summed E-state index contributed by atoms with van der Waals surface area (Å²) in [6.45, 7) is 7.37. The van der Waals surface area contributed by atoms with E-state index in [1.807, 2.05) is 38.1 Å². The van der Waals surface area contributed by atoms with E-state index in [-0.39, 0.29) is 6.04 Å². The fraction of sp³-hybridized carbons (Fsp3) is 0.400. The third kappa shape index (κ3) is 4.60. The normalized spacial score (nSPS) is 13.0. The number of nitrogens with zero attached hydrogens (tertiary/aromatic N) is 2. The largest absolute Gasteiger partial charge is 0.490 e. The molecule has 0 aliphatic heterocycles. The number of hydrogen-bond acceptors (Lipinski definition) is 5. The first-order valence-electron chi connectivity index (χ1n) is 9.20. The van der Waals surface area contributed by atoms with Gasteiger partial charge in [0.1, 0.15) is 5.76 Å². The van der Waals surface area contributed by atoms with Crippen LogP contribution in [0.5, 0.6) is 5.75 Å². The summed E-state index contributed by atoms with van der Waals surface area (Å²) in [4.78, 5) is 8.87. The number of aromatic nitrogens is 1. The van der Waals surface area contributed by atoms with E-state index in [0.717, 1.165) is 39.6 Å². The predicted molar refractivity (Wildman–Crippen MR) is 111 cm³/mol. The number of para-hydroxylation sites is 1. The number of ether oxygens (including phenoxy) is 1. The van der Waals surface area contributed by atoms with Crippen molar-refractivity contribution in [1.82, 2.24) is 15.6 Å². The summed E-state index contributed by atoms with van der Waals surface area (Å²) >= 11 is 1.69. The second kappa shape index (κ2) is 8.90. The molecule has 0 radical (unpaired) electrons. The van der Waals surface area contributed by atoms with E-state index in [9.17, 15) is 0 Å². The van der Waals surface area contributed by atoms with Gasteiger partial charge >= 0.3 is 0 Å². The minimum absolute atomic E-state index is 0.0419. The van der Waals surface area contributed by atoms with Crippen LogP contribution >= 0.6 is 11.3 Å². The molecule has 7 heteroatoms. The Bertz CT molecular complexity index is 916. The molecule has 1 aromatic carbocycles. The first-order chi connectivity index (χ1) is 13.1. The standard InChI is InChI=1S/C20H26N4O2S/c1-5-18-24-15(12-27-18)11-22-20(21-4)23-13(3)17-10-14-8-7-9-16(25-6-2)19(14)26-17/h7-10,12-13H,5-6,11H2,1-4H3,(H2,21,22,23). The van der Waals surface area contributed by atoms with E-state index in [4.69, 9.17) is 9.15 Å². The summed E-state index contributed by atoms with van der Waals surface area (Å²) in [5.74, 6) is 2.31. The van der Waals surface area contributed by atoms with Crippen molar-refractivity contribution in [1.29, 1.82) is 0 Å². The van der Waals surface area contributed by atoms with E-state index in [2.05, 4.69) is 32.9 Å². The molecule has 144 valence electrons. The molecular weight excluding hydrogens is 360 g/mol. The lowest BCUT2D eigenvalue weighted by molar-refractivity contribution is 0.336. The van der Waals surface area contributed by atoms with Crippen LogP contribution in [0.3, 0.4) is 0 Å². The zero-order valence-electron chi connectivity index (χ0n) is 16.2. The average Bonchev–Trinajstić information content (AvgIpc) is 3.32. The van der Waals surface area contributed by atoms with Gasteiger partial charge in [-0.15, -0.1) is 11.3 Å². The first kappa shape index (κ1) is 19.2. The molecule has 6 nitrogen and oxygen atoms in total. The molecule has 3 rings (SSSR count). The Morgan fingerprint density at radius 2 is 2.22 bits per heavy atom. The van der Waals surface area contributed by atoms with Crippen molar-refractivity contribution in [3.05, 3.63) is 46.1 Å². The summed E-state index contributed by atoms with van der Waals surface area (Å²) in [5.41, 5.74) is 1.80. The van der Waals surface area contributed by atoms with Crippen LogP contribution < -0.4 is 15.4 Å². The Morgan fingerprint density at radius 1 is 1.37 bits per heavy atom. The third-order valence-electron chi connectivity index (χ3n) is 4.17. The van der Waals surface area contributed by atoms with E-state index in [0.29, 0.717) is 19.1 Å². The van der Waals surface area contributed by atoms with Crippen molar-refractivity contribution >= 4 is 28.3 Å². The zero-order chi connectivity index (χ0) is 19.2. The molecule has 2 N–H and O–H groups in total. The van der Waals surface area contributed by atoms with Crippen LogP contribution in [-0.4, -0.2) is 24.6 Å². The fourth-order valence-electron chi connectivity index (χ4n) is 2.78. The number of rotatable bonds is 7. The average molecular weight is 387 g/mol. The maximum absolute atomic E-state index is 6.06. The molecule has 27 heavy (non-hydrogen) atoms. The maximum atomic E-state index is 6.06. The van der Waals surface area contributed by atoms with Gasteiger partial charge in [-0.25, -0.2) is 4.98 Å². The molecule has 1 unspecified atom stereocenters. The Labute approximate surface area is 163 Å². The molecular formula is C20H26N4O2S. The van der Waals surface area contributed by atoms with Gasteiger partial charge in [0.15, 0.2) is 17.3 Å². The van der Waals surface area contributed by atoms with Crippen molar-refractivity contribution in [2.45, 2.75) is 39.8 Å². The number of thiazole rings is 1. The molecule has 0 bridgehead atoms. The van der Waals surface area contributed by atoms with Crippen LogP contribution in [0.2, 0.25) is 0 Å². The lowest BCUT2D eigenvalue weighted by Crippen LogP contribution is -2.38. The number of aliphatic imine (C=N–C) groups is 1. The van der Waals surface area contributed by atoms with Crippen LogP contribution in [0, 0.1) is 0 Å². The number of nitrogens with one attached hydrogen (secondary N) is 2. The van der Waals surface area contributed by atoms with Crippen LogP contribution in [0.1, 0.15) is 43.3 Å². The van der Waals surface area contributed by atoms with Gasteiger partial charge in [0.05, 0.1) is 29.9 Å². The molecule has 0 spiro atoms.